The van der Waals surface area contributed by atoms with Gasteiger partial charge < -0.3 is 9.15 Å². The topological polar surface area (TPSA) is 76.8 Å². The molecule has 2 aromatic rings. The van der Waals surface area contributed by atoms with Crippen molar-refractivity contribution in [3.8, 4) is 5.75 Å². The first-order chi connectivity index (χ1) is 13.1. The van der Waals surface area contributed by atoms with E-state index >= 15 is 0 Å². The number of benzene rings is 1. The summed E-state index contributed by atoms with van der Waals surface area (Å²) < 4.78 is 39.0. The molecule has 0 amide bonds. The molecule has 152 valence electrons. The normalized spacial score (nSPS) is 16.3. The minimum Gasteiger partial charge on any atom is -0.490 e. The van der Waals surface area contributed by atoms with Crippen molar-refractivity contribution in [2.75, 3.05) is 13.1 Å². The maximum atomic E-state index is 13.3. The van der Waals surface area contributed by atoms with Crippen molar-refractivity contribution in [3.63, 3.8) is 0 Å². The Hall–Kier alpha value is -2.12. The monoisotopic (exact) mass is 405 g/mol. The quantitative estimate of drug-likeness (QED) is 0.779. The highest BCUT2D eigenvalue weighted by Gasteiger charge is 2.33. The van der Waals surface area contributed by atoms with Crippen LogP contribution in [0, 0.1) is 34.6 Å². The number of sulfonamides is 1. The molecule has 1 aliphatic rings. The van der Waals surface area contributed by atoms with E-state index < -0.39 is 15.6 Å². The van der Waals surface area contributed by atoms with Crippen LogP contribution in [0.4, 0.5) is 0 Å². The number of piperidine rings is 1. The highest BCUT2D eigenvalue weighted by atomic mass is 32.2. The van der Waals surface area contributed by atoms with Crippen LogP contribution in [0.15, 0.2) is 32.3 Å². The fourth-order valence-corrected chi connectivity index (χ4v) is 5.77. The largest absolute Gasteiger partial charge is 0.490 e. The summed E-state index contributed by atoms with van der Waals surface area (Å²) in [5.74, 6) is 0.958. The van der Waals surface area contributed by atoms with Crippen molar-refractivity contribution >= 4 is 10.0 Å². The lowest BCUT2D eigenvalue weighted by Crippen LogP contribution is -2.42. The van der Waals surface area contributed by atoms with Gasteiger partial charge in [-0.05, 0) is 69.7 Å². The van der Waals surface area contributed by atoms with Crippen molar-refractivity contribution in [2.45, 2.75) is 58.5 Å². The van der Waals surface area contributed by atoms with E-state index in [4.69, 9.17) is 9.15 Å². The fraction of sp³-hybridized carbons (Fsp3) is 0.476. The van der Waals surface area contributed by atoms with Crippen LogP contribution in [-0.4, -0.2) is 31.9 Å². The third-order valence-electron chi connectivity index (χ3n) is 5.47. The van der Waals surface area contributed by atoms with Crippen molar-refractivity contribution in [1.29, 1.82) is 0 Å². The summed E-state index contributed by atoms with van der Waals surface area (Å²) in [4.78, 5) is 11.9. The average molecular weight is 406 g/mol. The predicted octanol–water partition coefficient (Wildman–Crippen LogP) is 3.41. The van der Waals surface area contributed by atoms with Gasteiger partial charge in [-0.1, -0.05) is 6.07 Å². The van der Waals surface area contributed by atoms with Gasteiger partial charge in [0.25, 0.3) is 0 Å². The summed E-state index contributed by atoms with van der Waals surface area (Å²) in [6.45, 7) is 10.1. The molecule has 1 saturated heterocycles. The molecule has 1 aromatic heterocycles. The molecule has 1 aromatic carbocycles. The van der Waals surface area contributed by atoms with E-state index in [0.717, 1.165) is 22.3 Å². The van der Waals surface area contributed by atoms with Gasteiger partial charge in [0.15, 0.2) is 0 Å². The molecule has 0 bridgehead atoms. The molecule has 0 N–H and O–H groups in total. The molecule has 0 saturated carbocycles. The average Bonchev–Trinajstić information content (AvgIpc) is 2.59. The second kappa shape index (κ2) is 7.72. The maximum absolute atomic E-state index is 13.3. The molecule has 1 aliphatic heterocycles. The molecule has 7 heteroatoms. The zero-order chi connectivity index (χ0) is 20.6. The van der Waals surface area contributed by atoms with E-state index in [1.54, 1.807) is 17.3 Å². The molecular weight excluding hydrogens is 378 g/mol. The van der Waals surface area contributed by atoms with E-state index in [1.165, 1.54) is 6.07 Å². The van der Waals surface area contributed by atoms with Gasteiger partial charge in [0.05, 0.1) is 11.0 Å². The van der Waals surface area contributed by atoms with Gasteiger partial charge in [0.2, 0.25) is 10.0 Å². The van der Waals surface area contributed by atoms with Crippen molar-refractivity contribution in [3.05, 3.63) is 56.6 Å². The van der Waals surface area contributed by atoms with Gasteiger partial charge in [-0.15, -0.1) is 0 Å². The second-order valence-electron chi connectivity index (χ2n) is 7.53. The Kier molecular flexibility index (Phi) is 5.68. The first-order valence-corrected chi connectivity index (χ1v) is 10.9. The lowest BCUT2D eigenvalue weighted by atomic mass is 10.0. The lowest BCUT2D eigenvalue weighted by Gasteiger charge is -2.32. The summed E-state index contributed by atoms with van der Waals surface area (Å²) in [6, 6.07) is 5.02. The molecule has 3 rings (SSSR count). The number of nitrogens with zero attached hydrogens (tertiary/aromatic N) is 1. The van der Waals surface area contributed by atoms with Crippen molar-refractivity contribution < 1.29 is 17.6 Å². The lowest BCUT2D eigenvalue weighted by molar-refractivity contribution is 0.134. The molecule has 0 unspecified atom stereocenters. The molecule has 6 nitrogen and oxygen atoms in total. The summed E-state index contributed by atoms with van der Waals surface area (Å²) in [6.07, 6.45) is 1.01. The van der Waals surface area contributed by atoms with E-state index in [0.29, 0.717) is 42.3 Å². The Morgan fingerprint density at radius 1 is 0.964 bits per heavy atom. The third kappa shape index (κ3) is 4.00. The number of ether oxygens (including phenoxy) is 1. The summed E-state index contributed by atoms with van der Waals surface area (Å²) in [5.41, 5.74) is 3.15. The second-order valence-corrected chi connectivity index (χ2v) is 9.41. The van der Waals surface area contributed by atoms with Crippen molar-refractivity contribution in [1.82, 2.24) is 4.31 Å². The van der Waals surface area contributed by atoms with E-state index in [-0.39, 0.29) is 6.10 Å². The Balaban J connectivity index is 1.77. The van der Waals surface area contributed by atoms with Crippen molar-refractivity contribution in [2.24, 2.45) is 0 Å². The maximum Gasteiger partial charge on any atom is 0.339 e. The highest BCUT2D eigenvalue weighted by Crippen LogP contribution is 2.30. The molecule has 2 heterocycles. The highest BCUT2D eigenvalue weighted by molar-refractivity contribution is 7.89. The van der Waals surface area contributed by atoms with Crippen LogP contribution in [0.2, 0.25) is 0 Å². The summed E-state index contributed by atoms with van der Waals surface area (Å²) in [5, 5.41) is 0. The smallest absolute Gasteiger partial charge is 0.339 e. The Bertz CT molecular complexity index is 1020. The number of hydrogen-bond acceptors (Lipinski definition) is 5. The van der Waals surface area contributed by atoms with Gasteiger partial charge in [-0.3, -0.25) is 0 Å². The van der Waals surface area contributed by atoms with Crippen LogP contribution in [0.1, 0.15) is 40.9 Å². The van der Waals surface area contributed by atoms with Gasteiger partial charge in [0, 0.05) is 19.2 Å². The van der Waals surface area contributed by atoms with Crippen LogP contribution in [-0.2, 0) is 10.0 Å². The molecular formula is C21H27NO5S. The standard InChI is InChI=1S/C21H27NO5S/c1-13-10-14(2)17(5)21(16(13)4)28(24,25)22-8-6-18(7-9-22)27-19-11-15(3)26-20(23)12-19/h10-12,18H,6-9H2,1-5H3. The zero-order valence-corrected chi connectivity index (χ0v) is 17.9. The van der Waals surface area contributed by atoms with Crippen LogP contribution in [0.25, 0.3) is 0 Å². The number of rotatable bonds is 4. The fourth-order valence-electron chi connectivity index (χ4n) is 3.72. The minimum atomic E-state index is -3.57. The van der Waals surface area contributed by atoms with Gasteiger partial charge in [0.1, 0.15) is 17.6 Å². The van der Waals surface area contributed by atoms with E-state index in [2.05, 4.69) is 0 Å². The molecule has 0 radical (unpaired) electrons. The number of aryl methyl sites for hydroxylation is 3. The zero-order valence-electron chi connectivity index (χ0n) is 17.0. The van der Waals surface area contributed by atoms with Gasteiger partial charge >= 0.3 is 5.63 Å². The van der Waals surface area contributed by atoms with E-state index in [9.17, 15) is 13.2 Å². The molecule has 28 heavy (non-hydrogen) atoms. The van der Waals surface area contributed by atoms with Gasteiger partial charge in [-0.25, -0.2) is 13.2 Å². The first kappa shape index (κ1) is 20.6. The number of hydrogen-bond donors (Lipinski definition) is 0. The molecule has 0 aliphatic carbocycles. The van der Waals surface area contributed by atoms with Crippen LogP contribution < -0.4 is 10.4 Å². The third-order valence-corrected chi connectivity index (χ3v) is 7.64. The predicted molar refractivity (Wildman–Crippen MR) is 108 cm³/mol. The summed E-state index contributed by atoms with van der Waals surface area (Å²) >= 11 is 0. The summed E-state index contributed by atoms with van der Waals surface area (Å²) in [7, 11) is -3.57. The Morgan fingerprint density at radius 3 is 2.07 bits per heavy atom. The SMILES string of the molecule is Cc1cc(OC2CCN(S(=O)(=O)c3c(C)c(C)cc(C)c3C)CC2)cc(=O)o1. The Labute approximate surface area is 166 Å². The Morgan fingerprint density at radius 2 is 1.54 bits per heavy atom. The van der Waals surface area contributed by atoms with Crippen LogP contribution >= 0.6 is 0 Å². The molecule has 0 atom stereocenters. The first-order valence-electron chi connectivity index (χ1n) is 9.45. The van der Waals surface area contributed by atoms with Gasteiger partial charge in [-0.2, -0.15) is 4.31 Å². The van der Waals surface area contributed by atoms with E-state index in [1.807, 2.05) is 33.8 Å². The minimum absolute atomic E-state index is 0.130. The molecule has 0 spiro atoms. The van der Waals surface area contributed by atoms with Crippen LogP contribution in [0.5, 0.6) is 5.75 Å². The molecule has 1 fully saturated rings. The van der Waals surface area contributed by atoms with Crippen LogP contribution in [0.3, 0.4) is 0 Å².